The monoisotopic (exact) mass is 590 g/mol. The first-order chi connectivity index (χ1) is 19.5. The van der Waals surface area contributed by atoms with Crippen molar-refractivity contribution in [2.45, 2.75) is 70.9 Å². The maximum absolute atomic E-state index is 13.4. The molecule has 1 aliphatic heterocycles. The molecule has 1 aliphatic rings. The van der Waals surface area contributed by atoms with E-state index in [0.29, 0.717) is 40.8 Å². The van der Waals surface area contributed by atoms with Crippen LogP contribution in [0.1, 0.15) is 71.8 Å². The number of ketones is 1. The molecule has 3 aromatic carbocycles. The van der Waals surface area contributed by atoms with Crippen LogP contribution in [0, 0.1) is 0 Å². The topological polar surface area (TPSA) is 49.4 Å². The van der Waals surface area contributed by atoms with E-state index >= 15 is 0 Å². The lowest BCUT2D eigenvalue weighted by Crippen LogP contribution is -2.50. The summed E-state index contributed by atoms with van der Waals surface area (Å²) in [5.41, 5.74) is 0.490. The van der Waals surface area contributed by atoms with Crippen LogP contribution in [-0.4, -0.2) is 28.8 Å². The summed E-state index contributed by atoms with van der Waals surface area (Å²) >= 11 is 0. The number of benzene rings is 3. The minimum atomic E-state index is -4.53. The first kappa shape index (κ1) is 31.1. The van der Waals surface area contributed by atoms with Gasteiger partial charge in [0.15, 0.2) is 5.78 Å². The number of alkyl halides is 6. The lowest BCUT2D eigenvalue weighted by Gasteiger charge is -2.34. The Kier molecular flexibility index (Phi) is 8.76. The minimum absolute atomic E-state index is 0.0320. The predicted molar refractivity (Wildman–Crippen MR) is 148 cm³/mol. The third-order valence-electron chi connectivity index (χ3n) is 7.16. The summed E-state index contributed by atoms with van der Waals surface area (Å²) in [5.74, 6) is -0.301. The fraction of sp³-hybridized carbons (Fsp3) is 0.375. The normalized spacial score (nSPS) is 14.0. The second-order valence-corrected chi connectivity index (χ2v) is 11.5. The summed E-state index contributed by atoms with van der Waals surface area (Å²) in [6.07, 6.45) is -8.53. The highest BCUT2D eigenvalue weighted by Crippen LogP contribution is 2.37. The van der Waals surface area contributed by atoms with Gasteiger partial charge in [-0.3, -0.25) is 4.79 Å². The second-order valence-electron chi connectivity index (χ2n) is 11.5. The summed E-state index contributed by atoms with van der Waals surface area (Å²) in [4.78, 5) is 28.0. The highest BCUT2D eigenvalue weighted by molar-refractivity contribution is 5.99. The summed E-state index contributed by atoms with van der Waals surface area (Å²) in [6.45, 7) is 5.87. The smallest absolute Gasteiger partial charge is 0.333 e. The van der Waals surface area contributed by atoms with Gasteiger partial charge in [0.1, 0.15) is 0 Å². The van der Waals surface area contributed by atoms with E-state index in [2.05, 4.69) is 5.32 Å². The second kappa shape index (κ2) is 11.8. The molecule has 224 valence electrons. The average Bonchev–Trinajstić information content (AvgIpc) is 2.90. The highest BCUT2D eigenvalue weighted by Gasteiger charge is 2.34. The molecule has 0 saturated heterocycles. The highest BCUT2D eigenvalue weighted by atomic mass is 19.4. The van der Waals surface area contributed by atoms with Gasteiger partial charge >= 0.3 is 18.4 Å². The van der Waals surface area contributed by atoms with Crippen molar-refractivity contribution < 1.29 is 35.9 Å². The Morgan fingerprint density at radius 3 is 2.24 bits per heavy atom. The molecule has 0 saturated carbocycles. The third-order valence-corrected chi connectivity index (χ3v) is 7.16. The van der Waals surface area contributed by atoms with Gasteiger partial charge in [0.25, 0.3) is 0 Å². The zero-order valence-corrected chi connectivity index (χ0v) is 23.5. The number of carbonyl (C=O) groups is 2. The largest absolute Gasteiger partial charge is 0.416 e. The van der Waals surface area contributed by atoms with Crippen molar-refractivity contribution in [1.29, 1.82) is 0 Å². The van der Waals surface area contributed by atoms with Gasteiger partial charge in [0, 0.05) is 30.6 Å². The number of Topliss-reactive ketones (excluding diaryl/α,β-unsaturated/α-hetero) is 1. The summed E-state index contributed by atoms with van der Waals surface area (Å²) in [5, 5.41) is 2.89. The zero-order valence-electron chi connectivity index (χ0n) is 23.5. The van der Waals surface area contributed by atoms with Gasteiger partial charge < -0.3 is 10.2 Å². The van der Waals surface area contributed by atoms with Crippen molar-refractivity contribution in [3.05, 3.63) is 94.0 Å². The quantitative estimate of drug-likeness (QED) is 0.231. The van der Waals surface area contributed by atoms with Crippen LogP contribution < -0.4 is 5.32 Å². The SMILES string of the molecule is CC(C)(C)NC(=O)N1CCc2c(-c3cccc(C(F)(F)F)c3)ccc(C(=O)CCCc3ccccc3C(F)(F)F)c2C1. The molecule has 0 radical (unpaired) electrons. The first-order valence-electron chi connectivity index (χ1n) is 13.6. The standard InChI is InChI=1S/C32H32F6N2O2/c1-30(2,3)39-29(42)40-17-16-24-23(21-10-6-11-22(18-21)31(33,34)35)14-15-25(26(24)19-40)28(41)13-7-9-20-8-4-5-12-27(20)32(36,37)38/h4-6,8,10-12,14-15,18H,7,9,13,16-17,19H2,1-3H3,(H,39,42). The molecule has 0 unspecified atom stereocenters. The number of amides is 2. The van der Waals surface area contributed by atoms with Crippen LogP contribution in [0.3, 0.4) is 0 Å². The summed E-state index contributed by atoms with van der Waals surface area (Å²) in [6, 6.07) is 13.0. The minimum Gasteiger partial charge on any atom is -0.333 e. The van der Waals surface area contributed by atoms with Gasteiger partial charge in [-0.1, -0.05) is 42.5 Å². The van der Waals surface area contributed by atoms with Gasteiger partial charge in [-0.25, -0.2) is 4.79 Å². The number of fused-ring (bicyclic) bond motifs is 1. The van der Waals surface area contributed by atoms with Crippen molar-refractivity contribution in [3.8, 4) is 11.1 Å². The molecule has 0 aromatic heterocycles. The average molecular weight is 591 g/mol. The van der Waals surface area contributed by atoms with Crippen molar-refractivity contribution in [3.63, 3.8) is 0 Å². The number of halogens is 6. The van der Waals surface area contributed by atoms with Crippen molar-refractivity contribution in [2.24, 2.45) is 0 Å². The first-order valence-corrected chi connectivity index (χ1v) is 13.6. The van der Waals surface area contributed by atoms with Crippen LogP contribution in [-0.2, 0) is 31.7 Å². The lowest BCUT2D eigenvalue weighted by molar-refractivity contribution is -0.138. The van der Waals surface area contributed by atoms with Gasteiger partial charge in [-0.15, -0.1) is 0 Å². The molecule has 42 heavy (non-hydrogen) atoms. The van der Waals surface area contributed by atoms with Crippen molar-refractivity contribution >= 4 is 11.8 Å². The van der Waals surface area contributed by atoms with Crippen LogP contribution >= 0.6 is 0 Å². The predicted octanol–water partition coefficient (Wildman–Crippen LogP) is 8.46. The lowest BCUT2D eigenvalue weighted by atomic mass is 9.85. The molecule has 10 heteroatoms. The molecule has 4 rings (SSSR count). The molecule has 0 aliphatic carbocycles. The van der Waals surface area contributed by atoms with E-state index in [9.17, 15) is 35.9 Å². The number of hydrogen-bond acceptors (Lipinski definition) is 2. The Hall–Kier alpha value is -3.82. The van der Waals surface area contributed by atoms with Crippen LogP contribution in [0.2, 0.25) is 0 Å². The van der Waals surface area contributed by atoms with E-state index in [-0.39, 0.29) is 43.2 Å². The molecule has 0 bridgehead atoms. The van der Waals surface area contributed by atoms with E-state index in [1.165, 1.54) is 24.3 Å². The Labute approximate surface area is 240 Å². The Bertz CT molecular complexity index is 1470. The molecule has 0 atom stereocenters. The number of nitrogens with zero attached hydrogens (tertiary/aromatic N) is 1. The molecular formula is C32H32F6N2O2. The van der Waals surface area contributed by atoms with Crippen LogP contribution in [0.15, 0.2) is 60.7 Å². The van der Waals surface area contributed by atoms with Gasteiger partial charge in [0.05, 0.1) is 11.1 Å². The molecule has 3 aromatic rings. The van der Waals surface area contributed by atoms with E-state index in [1.807, 2.05) is 20.8 Å². The van der Waals surface area contributed by atoms with E-state index in [0.717, 1.165) is 18.2 Å². The van der Waals surface area contributed by atoms with Crippen LogP contribution in [0.25, 0.3) is 11.1 Å². The number of carbonyl (C=O) groups excluding carboxylic acids is 2. The zero-order chi connectivity index (χ0) is 30.9. The molecule has 1 N–H and O–H groups in total. The molecule has 2 amide bonds. The number of aryl methyl sites for hydroxylation is 1. The Balaban J connectivity index is 1.65. The Morgan fingerprint density at radius 2 is 1.57 bits per heavy atom. The fourth-order valence-electron chi connectivity index (χ4n) is 5.23. The number of rotatable bonds is 6. The maximum Gasteiger partial charge on any atom is 0.416 e. The molecule has 1 heterocycles. The van der Waals surface area contributed by atoms with Crippen LogP contribution in [0.5, 0.6) is 0 Å². The number of urea groups is 1. The van der Waals surface area contributed by atoms with E-state index in [4.69, 9.17) is 0 Å². The third kappa shape index (κ3) is 7.33. The molecule has 0 fully saturated rings. The number of nitrogens with one attached hydrogen (secondary N) is 1. The van der Waals surface area contributed by atoms with E-state index in [1.54, 1.807) is 23.1 Å². The van der Waals surface area contributed by atoms with Crippen LogP contribution in [0.4, 0.5) is 31.1 Å². The van der Waals surface area contributed by atoms with Gasteiger partial charge in [-0.05, 0) is 86.1 Å². The van der Waals surface area contributed by atoms with E-state index < -0.39 is 29.0 Å². The van der Waals surface area contributed by atoms with Crippen molar-refractivity contribution in [1.82, 2.24) is 10.2 Å². The molecular weight excluding hydrogens is 558 g/mol. The maximum atomic E-state index is 13.4. The Morgan fingerprint density at radius 1 is 0.857 bits per heavy atom. The van der Waals surface area contributed by atoms with Gasteiger partial charge in [-0.2, -0.15) is 26.3 Å². The molecule has 4 nitrogen and oxygen atoms in total. The number of hydrogen-bond donors (Lipinski definition) is 1. The van der Waals surface area contributed by atoms with Gasteiger partial charge in [0.2, 0.25) is 0 Å². The van der Waals surface area contributed by atoms with Crippen molar-refractivity contribution in [2.75, 3.05) is 6.54 Å². The summed E-state index contributed by atoms with van der Waals surface area (Å²) in [7, 11) is 0. The molecule has 0 spiro atoms. The summed E-state index contributed by atoms with van der Waals surface area (Å²) < 4.78 is 80.5. The fourth-order valence-corrected chi connectivity index (χ4v) is 5.23.